The molecule has 0 saturated carbocycles. The molecule has 1 aromatic carbocycles. The van der Waals surface area contributed by atoms with Gasteiger partial charge < -0.3 is 9.52 Å². The molecule has 25 heavy (non-hydrogen) atoms. The van der Waals surface area contributed by atoms with Gasteiger partial charge in [0.05, 0.1) is 11.2 Å². The van der Waals surface area contributed by atoms with Crippen LogP contribution in [0, 0.1) is 0 Å². The molecule has 1 saturated heterocycles. The molecule has 0 aliphatic carbocycles. The number of hydrogen-bond acceptors (Lipinski definition) is 5. The van der Waals surface area contributed by atoms with Crippen LogP contribution in [0.25, 0.3) is 11.3 Å². The van der Waals surface area contributed by atoms with Crippen molar-refractivity contribution in [2.75, 3.05) is 12.3 Å². The Morgan fingerprint density at radius 2 is 1.96 bits per heavy atom. The summed E-state index contributed by atoms with van der Waals surface area (Å²) in [5.41, 5.74) is 0.758. The molecule has 2 aromatic rings. The highest BCUT2D eigenvalue weighted by Crippen LogP contribution is 2.38. The van der Waals surface area contributed by atoms with Crippen LogP contribution in [0.15, 0.2) is 52.0 Å². The molecule has 134 valence electrons. The number of benzene rings is 1. The van der Waals surface area contributed by atoms with E-state index in [0.717, 1.165) is 9.87 Å². The molecule has 0 bridgehead atoms. The standard InChI is InChI=1S/C17H19NO5S2/c1-17(2)15(16(19)20)18(9-11-24-17)25(21,22)13-7-5-12(6-8-13)14-4-3-10-23-14/h3-8,10,15H,9,11H2,1-2H3,(H,19,20). The number of carboxylic acids is 1. The minimum atomic E-state index is -3.90. The maximum Gasteiger partial charge on any atom is 0.323 e. The summed E-state index contributed by atoms with van der Waals surface area (Å²) in [6.07, 6.45) is 1.55. The van der Waals surface area contributed by atoms with Crippen LogP contribution in [0.2, 0.25) is 0 Å². The van der Waals surface area contributed by atoms with Gasteiger partial charge in [-0.25, -0.2) is 8.42 Å². The van der Waals surface area contributed by atoms with Crippen LogP contribution in [0.5, 0.6) is 0 Å². The Morgan fingerprint density at radius 1 is 1.28 bits per heavy atom. The summed E-state index contributed by atoms with van der Waals surface area (Å²) in [6, 6.07) is 8.72. The van der Waals surface area contributed by atoms with E-state index >= 15 is 0 Å². The molecule has 1 aliphatic rings. The van der Waals surface area contributed by atoms with E-state index in [4.69, 9.17) is 4.42 Å². The van der Waals surface area contributed by atoms with E-state index in [0.29, 0.717) is 11.5 Å². The number of aliphatic carboxylic acids is 1. The van der Waals surface area contributed by atoms with Gasteiger partial charge >= 0.3 is 5.97 Å². The van der Waals surface area contributed by atoms with Crippen LogP contribution in [-0.2, 0) is 14.8 Å². The van der Waals surface area contributed by atoms with Gasteiger partial charge in [0, 0.05) is 22.6 Å². The second kappa shape index (κ2) is 6.51. The highest BCUT2D eigenvalue weighted by atomic mass is 32.2. The molecule has 0 spiro atoms. The Morgan fingerprint density at radius 3 is 2.52 bits per heavy atom. The molecule has 3 rings (SSSR count). The lowest BCUT2D eigenvalue weighted by Gasteiger charge is -2.42. The first-order valence-electron chi connectivity index (χ1n) is 7.76. The number of nitrogens with zero attached hydrogens (tertiary/aromatic N) is 1. The summed E-state index contributed by atoms with van der Waals surface area (Å²) in [7, 11) is -3.90. The van der Waals surface area contributed by atoms with Gasteiger partial charge in [0.25, 0.3) is 0 Å². The van der Waals surface area contributed by atoms with Crippen molar-refractivity contribution in [1.82, 2.24) is 4.31 Å². The largest absolute Gasteiger partial charge is 0.480 e. The van der Waals surface area contributed by atoms with Crippen LogP contribution in [-0.4, -0.2) is 46.9 Å². The second-order valence-corrected chi connectivity index (χ2v) is 9.95. The maximum absolute atomic E-state index is 13.0. The predicted octanol–water partition coefficient (Wildman–Crippen LogP) is 2.92. The minimum absolute atomic E-state index is 0.0803. The summed E-state index contributed by atoms with van der Waals surface area (Å²) in [4.78, 5) is 11.8. The number of sulfonamides is 1. The summed E-state index contributed by atoms with van der Waals surface area (Å²) < 4.78 is 31.7. The number of rotatable bonds is 4. The Labute approximate surface area is 150 Å². The van der Waals surface area contributed by atoms with Gasteiger partial charge in [-0.3, -0.25) is 4.79 Å². The first-order valence-corrected chi connectivity index (χ1v) is 10.2. The third kappa shape index (κ3) is 3.33. The van der Waals surface area contributed by atoms with Crippen molar-refractivity contribution in [1.29, 1.82) is 0 Å². The number of hydrogen-bond donors (Lipinski definition) is 1. The van der Waals surface area contributed by atoms with Crippen LogP contribution in [0.4, 0.5) is 0 Å². The number of carbonyl (C=O) groups is 1. The zero-order chi connectivity index (χ0) is 18.2. The molecule has 6 nitrogen and oxygen atoms in total. The molecular weight excluding hydrogens is 362 g/mol. The first kappa shape index (κ1) is 18.0. The monoisotopic (exact) mass is 381 g/mol. The van der Waals surface area contributed by atoms with E-state index in [9.17, 15) is 18.3 Å². The number of thioether (sulfide) groups is 1. The third-order valence-corrected chi connectivity index (χ3v) is 7.47. The second-order valence-electron chi connectivity index (χ2n) is 6.31. The minimum Gasteiger partial charge on any atom is -0.480 e. The third-order valence-electron chi connectivity index (χ3n) is 4.23. The molecule has 1 atom stereocenters. The van der Waals surface area contributed by atoms with Crippen molar-refractivity contribution in [2.24, 2.45) is 0 Å². The van der Waals surface area contributed by atoms with Gasteiger partial charge in [-0.05, 0) is 50.2 Å². The van der Waals surface area contributed by atoms with Crippen molar-refractivity contribution in [3.63, 3.8) is 0 Å². The van der Waals surface area contributed by atoms with Crippen molar-refractivity contribution in [3.8, 4) is 11.3 Å². The van der Waals surface area contributed by atoms with Crippen LogP contribution < -0.4 is 0 Å². The van der Waals surface area contributed by atoms with E-state index in [-0.39, 0.29) is 11.4 Å². The van der Waals surface area contributed by atoms with Crippen molar-refractivity contribution >= 4 is 27.8 Å². The molecule has 8 heteroatoms. The molecule has 1 unspecified atom stereocenters. The normalized spacial score (nSPS) is 21.1. The zero-order valence-corrected chi connectivity index (χ0v) is 15.5. The Hall–Kier alpha value is -1.77. The highest BCUT2D eigenvalue weighted by molar-refractivity contribution is 8.00. The fourth-order valence-corrected chi connectivity index (χ4v) is 6.10. The summed E-state index contributed by atoms with van der Waals surface area (Å²) >= 11 is 1.47. The van der Waals surface area contributed by atoms with Gasteiger partial charge in [-0.2, -0.15) is 16.1 Å². The first-order chi connectivity index (χ1) is 11.7. The molecule has 1 aliphatic heterocycles. The topological polar surface area (TPSA) is 87.8 Å². The van der Waals surface area contributed by atoms with E-state index in [1.165, 1.54) is 23.9 Å². The van der Waals surface area contributed by atoms with Crippen LogP contribution in [0.3, 0.4) is 0 Å². The van der Waals surface area contributed by atoms with E-state index in [1.807, 2.05) is 0 Å². The number of furan rings is 1. The summed E-state index contributed by atoms with van der Waals surface area (Å²) in [5.74, 6) is 0.0661. The lowest BCUT2D eigenvalue weighted by Crippen LogP contribution is -2.58. The van der Waals surface area contributed by atoms with Crippen LogP contribution in [0.1, 0.15) is 13.8 Å². The van der Waals surface area contributed by atoms with Gasteiger partial charge in [0.2, 0.25) is 10.0 Å². The van der Waals surface area contributed by atoms with Crippen molar-refractivity contribution < 1.29 is 22.7 Å². The molecule has 2 heterocycles. The average molecular weight is 381 g/mol. The fourth-order valence-electron chi connectivity index (χ4n) is 3.00. The molecule has 0 radical (unpaired) electrons. The lowest BCUT2D eigenvalue weighted by atomic mass is 10.0. The fraction of sp³-hybridized carbons (Fsp3) is 0.353. The quantitative estimate of drug-likeness (QED) is 0.876. The van der Waals surface area contributed by atoms with Crippen molar-refractivity contribution in [2.45, 2.75) is 29.5 Å². The number of carboxylic acid groups (broad SMARTS) is 1. The molecule has 1 aromatic heterocycles. The van der Waals surface area contributed by atoms with Crippen molar-refractivity contribution in [3.05, 3.63) is 42.7 Å². The van der Waals surface area contributed by atoms with Gasteiger partial charge in [0.15, 0.2) is 0 Å². The van der Waals surface area contributed by atoms with E-state index in [2.05, 4.69) is 0 Å². The van der Waals surface area contributed by atoms with E-state index < -0.39 is 26.8 Å². The van der Waals surface area contributed by atoms with Crippen LogP contribution >= 0.6 is 11.8 Å². The Bertz CT molecular complexity index is 857. The molecular formula is C17H19NO5S2. The predicted molar refractivity (Wildman–Crippen MR) is 96.0 cm³/mol. The Balaban J connectivity index is 1.96. The summed E-state index contributed by atoms with van der Waals surface area (Å²) in [6.45, 7) is 3.70. The highest BCUT2D eigenvalue weighted by Gasteiger charge is 2.48. The average Bonchev–Trinajstić information content (AvgIpc) is 3.08. The zero-order valence-electron chi connectivity index (χ0n) is 13.9. The molecule has 0 amide bonds. The summed E-state index contributed by atoms with van der Waals surface area (Å²) in [5, 5.41) is 9.59. The molecule has 1 fully saturated rings. The Kier molecular flexibility index (Phi) is 4.70. The van der Waals surface area contributed by atoms with Gasteiger partial charge in [0.1, 0.15) is 11.8 Å². The molecule has 1 N–H and O–H groups in total. The van der Waals surface area contributed by atoms with Gasteiger partial charge in [-0.1, -0.05) is 0 Å². The SMILES string of the molecule is CC1(C)SCCN(S(=O)(=O)c2ccc(-c3ccco3)cc2)C1C(=O)O. The maximum atomic E-state index is 13.0. The van der Waals surface area contributed by atoms with E-state index in [1.54, 1.807) is 44.4 Å². The lowest BCUT2D eigenvalue weighted by molar-refractivity contribution is -0.142. The smallest absolute Gasteiger partial charge is 0.323 e. The van der Waals surface area contributed by atoms with Gasteiger partial charge in [-0.15, -0.1) is 0 Å².